The maximum Gasteiger partial charge on any atom is 0.321 e. The maximum atomic E-state index is 14.5. The van der Waals surface area contributed by atoms with Gasteiger partial charge in [-0.1, -0.05) is 6.08 Å². The Morgan fingerprint density at radius 1 is 1.38 bits per heavy atom. The van der Waals surface area contributed by atoms with E-state index in [9.17, 15) is 9.18 Å². The fourth-order valence-corrected chi connectivity index (χ4v) is 3.13. The van der Waals surface area contributed by atoms with Crippen LogP contribution in [0.4, 0.5) is 14.9 Å². The Balaban J connectivity index is 1.66. The van der Waals surface area contributed by atoms with Gasteiger partial charge in [0, 0.05) is 49.0 Å². The summed E-state index contributed by atoms with van der Waals surface area (Å²) in [5, 5.41) is 2.77. The van der Waals surface area contributed by atoms with E-state index in [2.05, 4.69) is 15.3 Å². The number of anilines is 1. The highest BCUT2D eigenvalue weighted by Crippen LogP contribution is 2.27. The van der Waals surface area contributed by atoms with E-state index in [-0.39, 0.29) is 6.03 Å². The molecule has 0 fully saturated rings. The number of amides is 2. The lowest BCUT2D eigenvalue weighted by Gasteiger charge is -2.15. The minimum Gasteiger partial charge on any atom is -0.377 e. The molecule has 29 heavy (non-hydrogen) atoms. The Hall–Kier alpha value is -3.26. The molecule has 2 amide bonds. The smallest absolute Gasteiger partial charge is 0.321 e. The lowest BCUT2D eigenvalue weighted by Crippen LogP contribution is -2.30. The number of hydrogen-bond acceptors (Lipinski definition) is 4. The number of carbonyl (C=O) groups is 1. The van der Waals surface area contributed by atoms with Crippen molar-refractivity contribution in [2.24, 2.45) is 0 Å². The first-order chi connectivity index (χ1) is 14.0. The van der Waals surface area contributed by atoms with Crippen LogP contribution in [-0.2, 0) is 4.74 Å². The van der Waals surface area contributed by atoms with Gasteiger partial charge >= 0.3 is 6.03 Å². The van der Waals surface area contributed by atoms with E-state index in [1.165, 1.54) is 22.6 Å². The third-order valence-electron chi connectivity index (χ3n) is 4.96. The van der Waals surface area contributed by atoms with Crippen molar-refractivity contribution >= 4 is 23.1 Å². The minimum absolute atomic E-state index is 0.254. The molecule has 3 heterocycles. The molecule has 3 aromatic rings. The van der Waals surface area contributed by atoms with Crippen molar-refractivity contribution in [3.8, 4) is 11.3 Å². The van der Waals surface area contributed by atoms with Gasteiger partial charge in [0.1, 0.15) is 5.82 Å². The van der Waals surface area contributed by atoms with Gasteiger partial charge in [-0.25, -0.2) is 19.2 Å². The van der Waals surface area contributed by atoms with Crippen LogP contribution in [0.3, 0.4) is 0 Å². The number of benzene rings is 1. The molecule has 0 saturated heterocycles. The molecule has 0 unspecified atom stereocenters. The van der Waals surface area contributed by atoms with Crippen LogP contribution in [0.1, 0.15) is 18.9 Å². The van der Waals surface area contributed by atoms with Crippen LogP contribution in [0.5, 0.6) is 0 Å². The Morgan fingerprint density at radius 3 is 3.00 bits per heavy atom. The molecule has 150 valence electrons. The lowest BCUT2D eigenvalue weighted by molar-refractivity contribution is 0.161. The van der Waals surface area contributed by atoms with Gasteiger partial charge in [0.2, 0.25) is 5.78 Å². The predicted octanol–water partition coefficient (Wildman–Crippen LogP) is 3.82. The molecule has 4 rings (SSSR count). The first kappa shape index (κ1) is 19.1. The molecule has 8 heteroatoms. The van der Waals surface area contributed by atoms with E-state index in [1.54, 1.807) is 29.9 Å². The van der Waals surface area contributed by atoms with Crippen LogP contribution in [0.25, 0.3) is 22.6 Å². The fourth-order valence-electron chi connectivity index (χ4n) is 3.13. The highest BCUT2D eigenvalue weighted by Gasteiger charge is 2.14. The quantitative estimate of drug-likeness (QED) is 0.729. The molecule has 0 bridgehead atoms. The van der Waals surface area contributed by atoms with E-state index in [0.717, 1.165) is 12.0 Å². The molecule has 0 saturated carbocycles. The molecule has 0 radical (unpaired) electrons. The number of rotatable bonds is 4. The zero-order valence-electron chi connectivity index (χ0n) is 16.4. The minimum atomic E-state index is -0.414. The third-order valence-corrected chi connectivity index (χ3v) is 4.96. The zero-order chi connectivity index (χ0) is 20.4. The van der Waals surface area contributed by atoms with Gasteiger partial charge in [-0.15, -0.1) is 0 Å². The first-order valence-electron chi connectivity index (χ1n) is 9.49. The second-order valence-electron chi connectivity index (χ2n) is 6.87. The van der Waals surface area contributed by atoms with Crippen LogP contribution in [0.15, 0.2) is 42.9 Å². The second kappa shape index (κ2) is 8.00. The summed E-state index contributed by atoms with van der Waals surface area (Å²) in [6.45, 7) is 3.74. The largest absolute Gasteiger partial charge is 0.377 e. The molecule has 1 aliphatic heterocycles. The monoisotopic (exact) mass is 395 g/mol. The number of halogens is 1. The molecule has 7 nitrogen and oxygen atoms in total. The van der Waals surface area contributed by atoms with E-state index < -0.39 is 5.82 Å². The number of urea groups is 1. The molecule has 1 N–H and O–H groups in total. The number of ether oxygens (including phenoxy) is 1. The van der Waals surface area contributed by atoms with Crippen LogP contribution in [0.2, 0.25) is 0 Å². The average molecular weight is 395 g/mol. The number of nitrogens with zero attached hydrogens (tertiary/aromatic N) is 4. The van der Waals surface area contributed by atoms with Crippen LogP contribution < -0.4 is 5.32 Å². The van der Waals surface area contributed by atoms with Crippen molar-refractivity contribution in [3.05, 3.63) is 54.2 Å². The lowest BCUT2D eigenvalue weighted by atomic mass is 10.1. The summed E-state index contributed by atoms with van der Waals surface area (Å²) >= 11 is 0. The van der Waals surface area contributed by atoms with Gasteiger partial charge in [-0.3, -0.25) is 4.40 Å². The zero-order valence-corrected chi connectivity index (χ0v) is 16.4. The molecule has 0 atom stereocenters. The highest BCUT2D eigenvalue weighted by atomic mass is 19.1. The summed E-state index contributed by atoms with van der Waals surface area (Å²) < 4.78 is 21.6. The maximum absolute atomic E-state index is 14.5. The van der Waals surface area contributed by atoms with E-state index in [0.29, 0.717) is 42.5 Å². The van der Waals surface area contributed by atoms with Crippen molar-refractivity contribution in [1.82, 2.24) is 19.3 Å². The van der Waals surface area contributed by atoms with Crippen molar-refractivity contribution in [2.45, 2.75) is 13.3 Å². The number of aromatic nitrogens is 3. The van der Waals surface area contributed by atoms with Crippen molar-refractivity contribution < 1.29 is 13.9 Å². The van der Waals surface area contributed by atoms with E-state index in [4.69, 9.17) is 4.74 Å². The second-order valence-corrected chi connectivity index (χ2v) is 6.87. The summed E-state index contributed by atoms with van der Waals surface area (Å²) in [5.41, 5.74) is 3.43. The van der Waals surface area contributed by atoms with Crippen molar-refractivity contribution in [1.29, 1.82) is 0 Å². The van der Waals surface area contributed by atoms with Crippen LogP contribution >= 0.6 is 0 Å². The van der Waals surface area contributed by atoms with Crippen LogP contribution in [0, 0.1) is 5.82 Å². The van der Waals surface area contributed by atoms with Gasteiger partial charge in [0.25, 0.3) is 0 Å². The van der Waals surface area contributed by atoms with E-state index in [1.807, 2.05) is 19.2 Å². The van der Waals surface area contributed by atoms with Gasteiger partial charge < -0.3 is 15.0 Å². The summed E-state index contributed by atoms with van der Waals surface area (Å²) in [6.07, 6.45) is 8.33. The van der Waals surface area contributed by atoms with Crippen molar-refractivity contribution in [2.75, 3.05) is 32.1 Å². The summed E-state index contributed by atoms with van der Waals surface area (Å²) in [7, 11) is 1.69. The summed E-state index contributed by atoms with van der Waals surface area (Å²) in [6, 6.07) is 4.19. The number of imidazole rings is 1. The first-order valence-corrected chi connectivity index (χ1v) is 9.49. The van der Waals surface area contributed by atoms with Crippen molar-refractivity contribution in [3.63, 3.8) is 0 Å². The molecule has 2 aromatic heterocycles. The number of nitrogens with one attached hydrogen (secondary N) is 1. The molecule has 0 aliphatic carbocycles. The molecular formula is C21H22FN5O2. The Labute approximate surface area is 167 Å². The topological polar surface area (TPSA) is 71.8 Å². The Kier molecular flexibility index (Phi) is 5.26. The fraction of sp³-hybridized carbons (Fsp3) is 0.286. The predicted molar refractivity (Wildman–Crippen MR) is 109 cm³/mol. The van der Waals surface area contributed by atoms with Gasteiger partial charge in [-0.05, 0) is 37.1 Å². The number of fused-ring (bicyclic) bond motifs is 1. The molecule has 1 aliphatic rings. The highest BCUT2D eigenvalue weighted by molar-refractivity contribution is 5.90. The third kappa shape index (κ3) is 3.97. The molecular weight excluding hydrogens is 373 g/mol. The number of carbonyl (C=O) groups excluding carboxylic acids is 1. The van der Waals surface area contributed by atoms with Crippen LogP contribution in [-0.4, -0.2) is 52.1 Å². The summed E-state index contributed by atoms with van der Waals surface area (Å²) in [4.78, 5) is 22.5. The summed E-state index contributed by atoms with van der Waals surface area (Å²) in [5.74, 6) is 0.0681. The van der Waals surface area contributed by atoms with E-state index >= 15 is 0 Å². The number of hydrogen-bond donors (Lipinski definition) is 1. The average Bonchev–Trinajstić information content (AvgIpc) is 3.18. The normalized spacial score (nSPS) is 14.0. The van der Waals surface area contributed by atoms with Gasteiger partial charge in [-0.2, -0.15) is 0 Å². The standard InChI is InChI=1S/C21H22FN5O2/c1-3-26(2)21(28)24-16-4-5-18(22)17(10-16)19-13-27-12-15(11-23-20(27)25-19)14-6-8-29-9-7-14/h4-6,10-13H,3,7-9H2,1-2H3,(H,24,28). The molecule has 0 spiro atoms. The molecule has 1 aromatic carbocycles. The van der Waals surface area contributed by atoms with Gasteiger partial charge in [0.15, 0.2) is 0 Å². The van der Waals surface area contributed by atoms with Gasteiger partial charge in [0.05, 0.1) is 18.9 Å². The Bertz CT molecular complexity index is 1090. The Morgan fingerprint density at radius 2 is 2.24 bits per heavy atom. The SMILES string of the molecule is CCN(C)C(=O)Nc1ccc(F)c(-c2cn3cc(C4=CCOCC4)cnc3n2)c1.